The van der Waals surface area contributed by atoms with E-state index in [0.29, 0.717) is 19.3 Å². The maximum atomic E-state index is 13.4. The van der Waals surface area contributed by atoms with Crippen LogP contribution in [0.25, 0.3) is 0 Å². The minimum absolute atomic E-state index is 0.0204. The van der Waals surface area contributed by atoms with Crippen molar-refractivity contribution in [1.29, 1.82) is 0 Å². The van der Waals surface area contributed by atoms with Crippen molar-refractivity contribution in [2.75, 3.05) is 6.61 Å². The highest BCUT2D eigenvalue weighted by molar-refractivity contribution is 5.92. The fraction of sp³-hybridized carbons (Fsp3) is 0.815. The molecular weight excluding hydrogens is 420 g/mol. The molecule has 6 heteroatoms. The van der Waals surface area contributed by atoms with Gasteiger partial charge in [-0.05, 0) is 88.0 Å². The standard InChI is InChI=1S/C27H40O6/c1-15-11-19-18-8-7-16-12-17(28)9-10-25(16,5)22(18)20(29)13-26(19,6)27(15,32)21(30)14-33-23(31)24(2,3)4/h12,15,18-20,22,29,32H,7-11,13-14H2,1-6H3/t15-,18+,19+,20+,22-,25+,26+,27+/m1/s1. The first kappa shape index (κ1) is 24.6. The first-order valence-corrected chi connectivity index (χ1v) is 12.5. The van der Waals surface area contributed by atoms with Gasteiger partial charge in [-0.25, -0.2) is 0 Å². The van der Waals surface area contributed by atoms with Crippen molar-refractivity contribution in [1.82, 2.24) is 0 Å². The van der Waals surface area contributed by atoms with Crippen LogP contribution in [0.2, 0.25) is 0 Å². The molecule has 0 aliphatic heterocycles. The van der Waals surface area contributed by atoms with Crippen LogP contribution in [0.3, 0.4) is 0 Å². The highest BCUT2D eigenvalue weighted by Gasteiger charge is 2.70. The number of hydrogen-bond donors (Lipinski definition) is 2. The lowest BCUT2D eigenvalue weighted by molar-refractivity contribution is -0.189. The smallest absolute Gasteiger partial charge is 0.311 e. The second-order valence-electron chi connectivity index (χ2n) is 12.7. The Labute approximate surface area is 197 Å². The zero-order valence-corrected chi connectivity index (χ0v) is 20.9. The molecule has 0 aromatic rings. The number of carbonyl (C=O) groups excluding carboxylic acids is 3. The van der Waals surface area contributed by atoms with Crippen LogP contribution in [0.4, 0.5) is 0 Å². The molecule has 4 rings (SSSR count). The molecule has 0 radical (unpaired) electrons. The van der Waals surface area contributed by atoms with Crippen LogP contribution in [-0.2, 0) is 19.1 Å². The summed E-state index contributed by atoms with van der Waals surface area (Å²) < 4.78 is 5.30. The molecule has 0 unspecified atom stereocenters. The van der Waals surface area contributed by atoms with Crippen LogP contribution in [0.1, 0.15) is 80.1 Å². The number of aliphatic hydroxyl groups is 2. The third kappa shape index (κ3) is 3.46. The third-order valence-electron chi connectivity index (χ3n) is 9.85. The van der Waals surface area contributed by atoms with Gasteiger partial charge >= 0.3 is 5.97 Å². The van der Waals surface area contributed by atoms with Gasteiger partial charge in [-0.1, -0.05) is 26.3 Å². The van der Waals surface area contributed by atoms with Crippen LogP contribution in [0, 0.1) is 39.9 Å². The van der Waals surface area contributed by atoms with Crippen LogP contribution >= 0.6 is 0 Å². The molecule has 4 aliphatic carbocycles. The van der Waals surface area contributed by atoms with Crippen molar-refractivity contribution in [3.8, 4) is 0 Å². The molecule has 8 atom stereocenters. The normalized spacial score (nSPS) is 44.9. The Hall–Kier alpha value is -1.53. The maximum Gasteiger partial charge on any atom is 0.311 e. The summed E-state index contributed by atoms with van der Waals surface area (Å²) in [5.41, 5.74) is -2.22. The quantitative estimate of drug-likeness (QED) is 0.624. The number of ether oxygens (including phenoxy) is 1. The Morgan fingerprint density at radius 1 is 1.21 bits per heavy atom. The Morgan fingerprint density at radius 3 is 2.52 bits per heavy atom. The molecule has 3 saturated carbocycles. The fourth-order valence-corrected chi connectivity index (χ4v) is 8.07. The zero-order chi connectivity index (χ0) is 24.6. The number of esters is 1. The Morgan fingerprint density at radius 2 is 1.88 bits per heavy atom. The molecule has 0 aromatic carbocycles. The van der Waals surface area contributed by atoms with E-state index < -0.39 is 40.9 Å². The third-order valence-corrected chi connectivity index (χ3v) is 9.85. The van der Waals surface area contributed by atoms with Gasteiger partial charge in [0.25, 0.3) is 0 Å². The molecule has 0 saturated heterocycles. The van der Waals surface area contributed by atoms with Crippen molar-refractivity contribution >= 4 is 17.5 Å². The largest absolute Gasteiger partial charge is 0.457 e. The van der Waals surface area contributed by atoms with Crippen molar-refractivity contribution in [2.45, 2.75) is 91.8 Å². The van der Waals surface area contributed by atoms with Gasteiger partial charge in [0.15, 0.2) is 12.4 Å². The van der Waals surface area contributed by atoms with Gasteiger partial charge in [0, 0.05) is 11.8 Å². The predicted octanol–water partition coefficient (Wildman–Crippen LogP) is 3.62. The van der Waals surface area contributed by atoms with Crippen molar-refractivity contribution in [3.63, 3.8) is 0 Å². The van der Waals surface area contributed by atoms with Gasteiger partial charge in [-0.2, -0.15) is 0 Å². The Bertz CT molecular complexity index is 899. The Kier molecular flexibility index (Phi) is 5.77. The summed E-state index contributed by atoms with van der Waals surface area (Å²) in [4.78, 5) is 37.7. The van der Waals surface area contributed by atoms with E-state index in [-0.39, 0.29) is 34.9 Å². The van der Waals surface area contributed by atoms with Crippen LogP contribution in [0.15, 0.2) is 11.6 Å². The number of ketones is 2. The lowest BCUT2D eigenvalue weighted by atomic mass is 9.45. The van der Waals surface area contributed by atoms with Crippen LogP contribution in [-0.4, -0.2) is 46.1 Å². The Balaban J connectivity index is 1.63. The molecule has 0 bridgehead atoms. The van der Waals surface area contributed by atoms with Gasteiger partial charge in [-0.15, -0.1) is 0 Å². The van der Waals surface area contributed by atoms with Crippen molar-refractivity contribution < 1.29 is 29.3 Å². The highest BCUT2D eigenvalue weighted by Crippen LogP contribution is 2.68. The second kappa shape index (κ2) is 7.74. The summed E-state index contributed by atoms with van der Waals surface area (Å²) >= 11 is 0. The van der Waals surface area contributed by atoms with E-state index in [2.05, 4.69) is 6.92 Å². The number of carbonyl (C=O) groups is 3. The number of allylic oxidation sites excluding steroid dienone is 1. The molecule has 6 nitrogen and oxygen atoms in total. The highest BCUT2D eigenvalue weighted by atomic mass is 16.5. The average molecular weight is 461 g/mol. The summed E-state index contributed by atoms with van der Waals surface area (Å²) in [5, 5.41) is 23.4. The van der Waals surface area contributed by atoms with Gasteiger partial charge in [-0.3, -0.25) is 14.4 Å². The molecule has 0 aromatic heterocycles. The van der Waals surface area contributed by atoms with E-state index in [1.807, 2.05) is 13.8 Å². The monoisotopic (exact) mass is 460 g/mol. The molecule has 33 heavy (non-hydrogen) atoms. The lowest BCUT2D eigenvalue weighted by Crippen LogP contribution is -2.63. The van der Waals surface area contributed by atoms with E-state index in [9.17, 15) is 24.6 Å². The van der Waals surface area contributed by atoms with Gasteiger partial charge in [0.2, 0.25) is 5.78 Å². The summed E-state index contributed by atoms with van der Waals surface area (Å²) in [7, 11) is 0. The maximum absolute atomic E-state index is 13.4. The number of rotatable bonds is 3. The number of fused-ring (bicyclic) bond motifs is 5. The molecule has 0 heterocycles. The van der Waals surface area contributed by atoms with E-state index >= 15 is 0 Å². The number of Topliss-reactive ketones (excluding diaryl/α,β-unsaturated/α-hetero) is 1. The first-order valence-electron chi connectivity index (χ1n) is 12.5. The molecule has 0 amide bonds. The average Bonchev–Trinajstić information content (AvgIpc) is 2.92. The van der Waals surface area contributed by atoms with Gasteiger partial charge < -0.3 is 14.9 Å². The molecule has 184 valence electrons. The van der Waals surface area contributed by atoms with E-state index in [1.165, 1.54) is 0 Å². The van der Waals surface area contributed by atoms with Crippen LogP contribution in [0.5, 0.6) is 0 Å². The van der Waals surface area contributed by atoms with Crippen molar-refractivity contribution in [2.24, 2.45) is 39.9 Å². The van der Waals surface area contributed by atoms with E-state index in [4.69, 9.17) is 4.74 Å². The molecule has 0 spiro atoms. The molecule has 2 N–H and O–H groups in total. The number of hydrogen-bond acceptors (Lipinski definition) is 6. The fourth-order valence-electron chi connectivity index (χ4n) is 8.07. The summed E-state index contributed by atoms with van der Waals surface area (Å²) in [6.07, 6.45) is 5.11. The van der Waals surface area contributed by atoms with Gasteiger partial charge in [0.1, 0.15) is 5.60 Å². The number of aliphatic hydroxyl groups excluding tert-OH is 1. The van der Waals surface area contributed by atoms with Crippen LogP contribution < -0.4 is 0 Å². The zero-order valence-electron chi connectivity index (χ0n) is 20.9. The topological polar surface area (TPSA) is 101 Å². The molecular formula is C27H40O6. The van der Waals surface area contributed by atoms with Crippen molar-refractivity contribution in [3.05, 3.63) is 11.6 Å². The first-order chi connectivity index (χ1) is 15.2. The SMILES string of the molecule is C[C@@H]1C[C@H]2[C@@H]3CCC4=CC(=O)CC[C@]4(C)[C@H]3[C@@H](O)C[C@]2(C)[C@@]1(O)C(=O)COC(=O)C(C)(C)C. The molecule has 4 aliphatic rings. The van der Waals surface area contributed by atoms with E-state index in [1.54, 1.807) is 26.8 Å². The minimum Gasteiger partial charge on any atom is -0.457 e. The van der Waals surface area contributed by atoms with E-state index in [0.717, 1.165) is 24.8 Å². The second-order valence-corrected chi connectivity index (χ2v) is 12.7. The lowest BCUT2D eigenvalue weighted by Gasteiger charge is -2.60. The predicted molar refractivity (Wildman–Crippen MR) is 123 cm³/mol. The van der Waals surface area contributed by atoms with Gasteiger partial charge in [0.05, 0.1) is 11.5 Å². The minimum atomic E-state index is -1.65. The summed E-state index contributed by atoms with van der Waals surface area (Å²) in [6.45, 7) is 10.8. The summed E-state index contributed by atoms with van der Waals surface area (Å²) in [5.74, 6) is -0.768. The molecule has 3 fully saturated rings. The summed E-state index contributed by atoms with van der Waals surface area (Å²) in [6, 6.07) is 0.